The Morgan fingerprint density at radius 1 is 1.10 bits per heavy atom. The molecule has 0 fully saturated rings. The highest BCUT2D eigenvalue weighted by Crippen LogP contribution is 2.35. The first-order valence-electron chi connectivity index (χ1n) is 10.2. The van der Waals surface area contributed by atoms with Crippen LogP contribution in [-0.4, -0.2) is 48.0 Å². The van der Waals surface area contributed by atoms with E-state index >= 15 is 0 Å². The molecule has 2 amide bonds. The van der Waals surface area contributed by atoms with Gasteiger partial charge in [-0.1, -0.05) is 6.42 Å². The van der Waals surface area contributed by atoms with Gasteiger partial charge in [0.15, 0.2) is 11.5 Å². The molecule has 1 aliphatic rings. The highest BCUT2D eigenvalue weighted by Gasteiger charge is 2.20. The van der Waals surface area contributed by atoms with E-state index in [1.54, 1.807) is 18.3 Å². The van der Waals surface area contributed by atoms with Crippen LogP contribution in [0.4, 0.5) is 0 Å². The normalized spacial score (nSPS) is 12.2. The lowest BCUT2D eigenvalue weighted by molar-refractivity contribution is -0.121. The monoisotopic (exact) mass is 417 g/mol. The Kier molecular flexibility index (Phi) is 7.29. The number of nitrogens with one attached hydrogen (secondary N) is 2. The molecule has 2 aromatic rings. The van der Waals surface area contributed by atoms with Crippen LogP contribution in [0, 0.1) is 0 Å². The van der Waals surface area contributed by atoms with E-state index < -0.39 is 5.91 Å². The van der Waals surface area contributed by atoms with Crippen molar-refractivity contribution in [3.8, 4) is 11.5 Å². The van der Waals surface area contributed by atoms with Gasteiger partial charge in [0.1, 0.15) is 5.56 Å². The maximum absolute atomic E-state index is 12.9. The molecule has 3 N–H and O–H groups in total. The number of unbranched alkanes of at least 4 members (excludes halogenated alkanes) is 2. The number of ether oxygens (including phenoxy) is 2. The van der Waals surface area contributed by atoms with Gasteiger partial charge in [0.05, 0.1) is 17.5 Å². The zero-order chi connectivity index (χ0) is 21.5. The van der Waals surface area contributed by atoms with E-state index in [1.165, 1.54) is 0 Å². The van der Waals surface area contributed by atoms with Crippen LogP contribution in [0.3, 0.4) is 0 Å². The molecule has 1 aromatic carbocycles. The second-order valence-electron chi connectivity index (χ2n) is 7.02. The predicted octanol–water partition coefficient (Wildman–Crippen LogP) is 1.15. The van der Waals surface area contributed by atoms with Gasteiger partial charge < -0.3 is 29.8 Å². The molecule has 0 atom stereocenters. The van der Waals surface area contributed by atoms with Crippen molar-refractivity contribution < 1.29 is 24.2 Å². The van der Waals surface area contributed by atoms with Crippen LogP contribution in [0.5, 0.6) is 11.5 Å². The number of fused-ring (bicyclic) bond motifs is 2. The summed E-state index contributed by atoms with van der Waals surface area (Å²) >= 11 is 0. The summed E-state index contributed by atoms with van der Waals surface area (Å²) in [5.41, 5.74) is 0.445. The van der Waals surface area contributed by atoms with Crippen molar-refractivity contribution in [1.82, 2.24) is 15.2 Å². The highest BCUT2D eigenvalue weighted by molar-refractivity contribution is 5.97. The Bertz CT molecular complexity index is 985. The van der Waals surface area contributed by atoms with Crippen LogP contribution in [0.25, 0.3) is 10.9 Å². The van der Waals surface area contributed by atoms with Gasteiger partial charge in [-0.05, 0) is 25.8 Å². The molecule has 1 aromatic heterocycles. The number of hydrogen-bond donors (Lipinski definition) is 3. The number of carbonyl (C=O) groups is 2. The van der Waals surface area contributed by atoms with Crippen LogP contribution in [0.2, 0.25) is 0 Å². The van der Waals surface area contributed by atoms with Gasteiger partial charge in [0.2, 0.25) is 18.1 Å². The second kappa shape index (κ2) is 10.1. The summed E-state index contributed by atoms with van der Waals surface area (Å²) in [6, 6.07) is 3.39. The van der Waals surface area contributed by atoms with Crippen molar-refractivity contribution in [2.75, 3.05) is 26.5 Å². The van der Waals surface area contributed by atoms with E-state index in [9.17, 15) is 14.4 Å². The Morgan fingerprint density at radius 2 is 1.87 bits per heavy atom. The van der Waals surface area contributed by atoms with Gasteiger partial charge in [-0.2, -0.15) is 0 Å². The highest BCUT2D eigenvalue weighted by atomic mass is 16.7. The third kappa shape index (κ3) is 4.91. The first-order valence-corrected chi connectivity index (χ1v) is 10.2. The first-order chi connectivity index (χ1) is 14.5. The summed E-state index contributed by atoms with van der Waals surface area (Å²) in [5, 5.41) is 14.5. The maximum Gasteiger partial charge on any atom is 0.256 e. The number of amides is 2. The molecule has 0 saturated carbocycles. The summed E-state index contributed by atoms with van der Waals surface area (Å²) in [4.78, 5) is 37.0. The van der Waals surface area contributed by atoms with E-state index in [2.05, 4.69) is 10.6 Å². The first kappa shape index (κ1) is 21.6. The number of rotatable bonds is 10. The van der Waals surface area contributed by atoms with Gasteiger partial charge in [-0.15, -0.1) is 0 Å². The summed E-state index contributed by atoms with van der Waals surface area (Å²) in [5.74, 6) is 0.585. The molecular formula is C21H27N3O6. The number of pyridine rings is 1. The molecule has 2 heterocycles. The number of aryl methyl sites for hydroxylation is 1. The largest absolute Gasteiger partial charge is 0.454 e. The Morgan fingerprint density at radius 3 is 2.60 bits per heavy atom. The Balaban J connectivity index is 1.60. The molecule has 1 aliphatic heterocycles. The van der Waals surface area contributed by atoms with Gasteiger partial charge in [0, 0.05) is 38.3 Å². The number of hydrogen-bond acceptors (Lipinski definition) is 6. The molecule has 3 rings (SSSR count). The van der Waals surface area contributed by atoms with E-state index in [1.807, 2.05) is 11.5 Å². The third-order valence-electron chi connectivity index (χ3n) is 4.96. The molecule has 9 nitrogen and oxygen atoms in total. The fourth-order valence-corrected chi connectivity index (χ4v) is 3.37. The molecule has 0 radical (unpaired) electrons. The summed E-state index contributed by atoms with van der Waals surface area (Å²) in [7, 11) is 0. The lowest BCUT2D eigenvalue weighted by atomic mass is 10.1. The molecule has 0 saturated heterocycles. The zero-order valence-corrected chi connectivity index (χ0v) is 17.0. The van der Waals surface area contributed by atoms with Crippen molar-refractivity contribution in [2.45, 2.75) is 39.2 Å². The van der Waals surface area contributed by atoms with Crippen LogP contribution in [-0.2, 0) is 11.3 Å². The Labute approximate surface area is 174 Å². The van der Waals surface area contributed by atoms with Gasteiger partial charge >= 0.3 is 0 Å². The second-order valence-corrected chi connectivity index (χ2v) is 7.02. The third-order valence-corrected chi connectivity index (χ3v) is 4.96. The molecule has 9 heteroatoms. The lowest BCUT2D eigenvalue weighted by Gasteiger charge is -2.12. The van der Waals surface area contributed by atoms with E-state index in [4.69, 9.17) is 14.6 Å². The fraction of sp³-hybridized carbons (Fsp3) is 0.476. The number of benzene rings is 1. The van der Waals surface area contributed by atoms with Crippen LogP contribution in [0.15, 0.2) is 23.1 Å². The van der Waals surface area contributed by atoms with Crippen molar-refractivity contribution >= 4 is 22.7 Å². The van der Waals surface area contributed by atoms with Gasteiger partial charge in [0.25, 0.3) is 5.91 Å². The van der Waals surface area contributed by atoms with Crippen LogP contribution in [0.1, 0.15) is 43.0 Å². The topological polar surface area (TPSA) is 119 Å². The smallest absolute Gasteiger partial charge is 0.256 e. The summed E-state index contributed by atoms with van der Waals surface area (Å²) in [6.45, 7) is 3.25. The SMILES string of the molecule is CCn1cc(C(=O)NCCCCCC(=O)NCCO)c(=O)c2cc3c(cc21)OCO3. The van der Waals surface area contributed by atoms with Gasteiger partial charge in [-0.25, -0.2) is 0 Å². The fourth-order valence-electron chi connectivity index (χ4n) is 3.37. The van der Waals surface area contributed by atoms with Crippen molar-refractivity contribution in [1.29, 1.82) is 0 Å². The minimum atomic E-state index is -0.414. The average molecular weight is 417 g/mol. The van der Waals surface area contributed by atoms with E-state index in [0.29, 0.717) is 54.8 Å². The number of aromatic nitrogens is 1. The quantitative estimate of drug-likeness (QED) is 0.499. The van der Waals surface area contributed by atoms with Crippen molar-refractivity contribution in [3.63, 3.8) is 0 Å². The number of nitrogens with zero attached hydrogens (tertiary/aromatic N) is 1. The number of carbonyl (C=O) groups excluding carboxylic acids is 2. The molecule has 0 unspecified atom stereocenters. The van der Waals surface area contributed by atoms with Crippen LogP contribution >= 0.6 is 0 Å². The van der Waals surface area contributed by atoms with Crippen molar-refractivity contribution in [2.24, 2.45) is 0 Å². The summed E-state index contributed by atoms with van der Waals surface area (Å²) < 4.78 is 12.6. The van der Waals surface area contributed by atoms with Gasteiger partial charge in [-0.3, -0.25) is 14.4 Å². The van der Waals surface area contributed by atoms with Crippen molar-refractivity contribution in [3.05, 3.63) is 34.1 Å². The molecule has 162 valence electrons. The lowest BCUT2D eigenvalue weighted by Crippen LogP contribution is -2.30. The minimum Gasteiger partial charge on any atom is -0.454 e. The molecule has 0 bridgehead atoms. The molecule has 30 heavy (non-hydrogen) atoms. The van der Waals surface area contributed by atoms with E-state index in [0.717, 1.165) is 6.42 Å². The average Bonchev–Trinajstić information content (AvgIpc) is 3.21. The molecule has 0 spiro atoms. The minimum absolute atomic E-state index is 0.0739. The zero-order valence-electron chi connectivity index (χ0n) is 17.0. The number of aliphatic hydroxyl groups is 1. The molecular weight excluding hydrogens is 390 g/mol. The Hall–Kier alpha value is -3.07. The predicted molar refractivity (Wildman–Crippen MR) is 111 cm³/mol. The van der Waals surface area contributed by atoms with Crippen LogP contribution < -0.4 is 25.5 Å². The van der Waals surface area contributed by atoms with E-state index in [-0.39, 0.29) is 36.8 Å². The number of aliphatic hydroxyl groups excluding tert-OH is 1. The molecule has 0 aliphatic carbocycles. The summed E-state index contributed by atoms with van der Waals surface area (Å²) in [6.07, 6.45) is 4.13. The standard InChI is InChI=1S/C21H27N3O6/c1-2-24-12-15(20(27)14-10-17-18(11-16(14)24)30-13-29-17)21(28)23-7-5-3-4-6-19(26)22-8-9-25/h10-12,25H,2-9,13H2,1H3,(H,22,26)(H,23,28). The maximum atomic E-state index is 12.9.